The standard InChI is InChI=1S/C34H37N3O4/c1-33(2,3)40-31(38)36-26-16-12-10-14-22(26)28-27(36)18-24-21-13-9-11-15-25(21)37(32(39)41-34(4,5)6)30(24)29(28)23-17-20(23)19-35(7)8/h9-16,18H,17,19H2,1-8H3. The van der Waals surface area contributed by atoms with Gasteiger partial charge in [-0.25, -0.2) is 18.7 Å². The predicted molar refractivity (Wildman–Crippen MR) is 166 cm³/mol. The summed E-state index contributed by atoms with van der Waals surface area (Å²) in [7, 11) is 4.12. The molecule has 7 heteroatoms. The fourth-order valence-corrected chi connectivity index (χ4v) is 5.83. The number of benzene rings is 3. The van der Waals surface area contributed by atoms with Crippen molar-refractivity contribution in [3.63, 3.8) is 0 Å². The van der Waals surface area contributed by atoms with E-state index in [1.165, 1.54) is 11.1 Å². The van der Waals surface area contributed by atoms with Crippen LogP contribution in [0.25, 0.3) is 49.2 Å². The van der Waals surface area contributed by atoms with Crippen LogP contribution in [0.2, 0.25) is 0 Å². The lowest BCUT2D eigenvalue weighted by molar-refractivity contribution is 0.0539. The molecule has 0 saturated carbocycles. The molecule has 0 radical (unpaired) electrons. The number of likely N-dealkylation sites (N-methyl/N-ethyl adjacent to an activating group) is 1. The van der Waals surface area contributed by atoms with Gasteiger partial charge in [0.05, 0.1) is 22.1 Å². The highest BCUT2D eigenvalue weighted by molar-refractivity contribution is 6.27. The van der Waals surface area contributed by atoms with E-state index in [4.69, 9.17) is 9.47 Å². The Labute approximate surface area is 239 Å². The number of para-hydroxylation sites is 2. The van der Waals surface area contributed by atoms with E-state index in [0.717, 1.165) is 62.1 Å². The quantitative estimate of drug-likeness (QED) is 0.226. The van der Waals surface area contributed by atoms with E-state index in [9.17, 15) is 9.59 Å². The van der Waals surface area contributed by atoms with Crippen molar-refractivity contribution in [1.29, 1.82) is 0 Å². The van der Waals surface area contributed by atoms with Crippen LogP contribution in [-0.4, -0.2) is 58.1 Å². The summed E-state index contributed by atoms with van der Waals surface area (Å²) in [5, 5.41) is 3.70. The first kappa shape index (κ1) is 27.1. The minimum absolute atomic E-state index is 0.421. The van der Waals surface area contributed by atoms with Crippen LogP contribution in [0.3, 0.4) is 0 Å². The minimum atomic E-state index is -0.666. The molecule has 0 bridgehead atoms. The first-order valence-electron chi connectivity index (χ1n) is 14.1. The predicted octanol–water partition coefficient (Wildman–Crippen LogP) is 8.19. The second-order valence-corrected chi connectivity index (χ2v) is 13.2. The molecule has 1 aliphatic carbocycles. The molecule has 1 aliphatic rings. The van der Waals surface area contributed by atoms with E-state index in [1.807, 2.05) is 96.1 Å². The van der Waals surface area contributed by atoms with E-state index >= 15 is 0 Å². The normalized spacial score (nSPS) is 14.2. The fraction of sp³-hybridized carbons (Fsp3) is 0.353. The van der Waals surface area contributed by atoms with Crippen LogP contribution in [-0.2, 0) is 9.47 Å². The molecule has 0 saturated heterocycles. The maximum Gasteiger partial charge on any atom is 0.419 e. The van der Waals surface area contributed by atoms with Gasteiger partial charge in [0, 0.05) is 33.7 Å². The summed E-state index contributed by atoms with van der Waals surface area (Å²) in [5.41, 5.74) is 5.29. The third-order valence-corrected chi connectivity index (χ3v) is 7.25. The summed E-state index contributed by atoms with van der Waals surface area (Å²) in [4.78, 5) is 29.8. The van der Waals surface area contributed by atoms with E-state index in [-0.39, 0.29) is 0 Å². The van der Waals surface area contributed by atoms with Gasteiger partial charge in [0.2, 0.25) is 0 Å². The summed E-state index contributed by atoms with van der Waals surface area (Å²) in [6, 6.07) is 17.8. The number of ether oxygens (including phenoxy) is 2. The number of carbonyl (C=O) groups is 2. The Morgan fingerprint density at radius 2 is 1.29 bits per heavy atom. The van der Waals surface area contributed by atoms with Gasteiger partial charge in [0.1, 0.15) is 11.2 Å². The molecular formula is C34H37N3O4. The van der Waals surface area contributed by atoms with E-state index in [0.29, 0.717) is 0 Å². The molecule has 0 spiro atoms. The SMILES string of the molecule is CN(C)CC1=C(c2c3c4ccccc4n(C(=O)OC(C)(C)C)c3cc3c4ccccc4n(C(=O)OC(C)(C)C)c23)C1. The van der Waals surface area contributed by atoms with Crippen LogP contribution in [0, 0.1) is 0 Å². The van der Waals surface area contributed by atoms with Crippen molar-refractivity contribution in [1.82, 2.24) is 14.0 Å². The third kappa shape index (κ3) is 4.68. The van der Waals surface area contributed by atoms with E-state index in [2.05, 4.69) is 19.0 Å². The molecule has 41 heavy (non-hydrogen) atoms. The molecular weight excluding hydrogens is 514 g/mol. The Bertz CT molecular complexity index is 1920. The summed E-state index contributed by atoms with van der Waals surface area (Å²) >= 11 is 0. The zero-order valence-electron chi connectivity index (χ0n) is 25.1. The molecule has 0 N–H and O–H groups in total. The lowest BCUT2D eigenvalue weighted by Crippen LogP contribution is -2.27. The Morgan fingerprint density at radius 3 is 1.88 bits per heavy atom. The van der Waals surface area contributed by atoms with Gasteiger partial charge < -0.3 is 14.4 Å². The van der Waals surface area contributed by atoms with Crippen LogP contribution in [0.15, 0.2) is 60.2 Å². The maximum absolute atomic E-state index is 13.9. The molecule has 2 heterocycles. The van der Waals surface area contributed by atoms with Crippen molar-refractivity contribution in [3.05, 3.63) is 65.7 Å². The topological polar surface area (TPSA) is 65.7 Å². The number of hydrogen-bond acceptors (Lipinski definition) is 5. The maximum atomic E-state index is 13.9. The average Bonchev–Trinajstić information content (AvgIpc) is 3.39. The third-order valence-electron chi connectivity index (χ3n) is 7.25. The van der Waals surface area contributed by atoms with Crippen LogP contribution >= 0.6 is 0 Å². The van der Waals surface area contributed by atoms with Gasteiger partial charge in [-0.3, -0.25) is 0 Å². The van der Waals surface area contributed by atoms with Gasteiger partial charge in [-0.1, -0.05) is 36.4 Å². The number of hydrogen-bond donors (Lipinski definition) is 0. The number of fused-ring (bicyclic) bond motifs is 6. The number of nitrogens with zero attached hydrogens (tertiary/aromatic N) is 3. The molecule has 3 aromatic carbocycles. The van der Waals surface area contributed by atoms with E-state index in [1.54, 1.807) is 9.13 Å². The lowest BCUT2D eigenvalue weighted by atomic mass is 10.00. The van der Waals surface area contributed by atoms with Gasteiger partial charge in [0.25, 0.3) is 0 Å². The molecule has 0 amide bonds. The van der Waals surface area contributed by atoms with Gasteiger partial charge in [0.15, 0.2) is 0 Å². The van der Waals surface area contributed by atoms with Crippen molar-refractivity contribution >= 4 is 61.4 Å². The summed E-state index contributed by atoms with van der Waals surface area (Å²) < 4.78 is 15.3. The molecule has 6 rings (SSSR count). The Hall–Kier alpha value is -4.10. The Morgan fingerprint density at radius 1 is 0.756 bits per heavy atom. The highest BCUT2D eigenvalue weighted by Gasteiger charge is 2.34. The molecule has 212 valence electrons. The number of aromatic nitrogens is 2. The number of rotatable bonds is 3. The van der Waals surface area contributed by atoms with Crippen molar-refractivity contribution in [2.45, 2.75) is 59.2 Å². The summed E-state index contributed by atoms with van der Waals surface area (Å²) in [5.74, 6) is 0. The summed E-state index contributed by atoms with van der Waals surface area (Å²) in [6.07, 6.45) is -0.00692. The first-order valence-corrected chi connectivity index (χ1v) is 14.1. The van der Waals surface area contributed by atoms with Crippen LogP contribution in [0.1, 0.15) is 53.5 Å². The van der Waals surface area contributed by atoms with Gasteiger partial charge in [-0.2, -0.15) is 0 Å². The van der Waals surface area contributed by atoms with Crippen molar-refractivity contribution in [2.75, 3.05) is 20.6 Å². The Kier molecular flexibility index (Phi) is 6.09. The lowest BCUT2D eigenvalue weighted by Gasteiger charge is -2.21. The molecule has 0 aliphatic heterocycles. The van der Waals surface area contributed by atoms with Gasteiger partial charge in [-0.05, 0) is 91.4 Å². The molecule has 7 nitrogen and oxygen atoms in total. The smallest absolute Gasteiger partial charge is 0.419 e. The van der Waals surface area contributed by atoms with Crippen molar-refractivity contribution in [3.8, 4) is 0 Å². The Balaban J connectivity index is 1.81. The highest BCUT2D eigenvalue weighted by Crippen LogP contribution is 2.50. The van der Waals surface area contributed by atoms with Crippen LogP contribution in [0.4, 0.5) is 9.59 Å². The van der Waals surface area contributed by atoms with Crippen molar-refractivity contribution < 1.29 is 19.1 Å². The second-order valence-electron chi connectivity index (χ2n) is 13.2. The largest absolute Gasteiger partial charge is 0.443 e. The van der Waals surface area contributed by atoms with Gasteiger partial charge >= 0.3 is 12.2 Å². The van der Waals surface area contributed by atoms with Gasteiger partial charge in [-0.15, -0.1) is 0 Å². The molecule has 5 aromatic rings. The molecule has 0 atom stereocenters. The zero-order chi connectivity index (χ0) is 29.4. The second kappa shape index (κ2) is 9.21. The van der Waals surface area contributed by atoms with Crippen molar-refractivity contribution in [2.24, 2.45) is 0 Å². The van der Waals surface area contributed by atoms with Crippen LogP contribution < -0.4 is 0 Å². The average molecular weight is 552 g/mol. The minimum Gasteiger partial charge on any atom is -0.443 e. The monoisotopic (exact) mass is 551 g/mol. The van der Waals surface area contributed by atoms with E-state index < -0.39 is 23.4 Å². The summed E-state index contributed by atoms with van der Waals surface area (Å²) in [6.45, 7) is 12.1. The number of carbonyl (C=O) groups excluding carboxylic acids is 2. The molecule has 2 aromatic heterocycles. The van der Waals surface area contributed by atoms with Crippen LogP contribution in [0.5, 0.6) is 0 Å². The molecule has 0 fully saturated rings. The highest BCUT2D eigenvalue weighted by atomic mass is 16.6. The molecule has 0 unspecified atom stereocenters. The fourth-order valence-electron chi connectivity index (χ4n) is 5.83. The first-order chi connectivity index (χ1) is 19.2. The zero-order valence-corrected chi connectivity index (χ0v) is 25.1. The number of allylic oxidation sites excluding steroid dienone is 1.